The maximum absolute atomic E-state index is 13.3. The van der Waals surface area contributed by atoms with Crippen LogP contribution in [0.5, 0.6) is 0 Å². The number of nitrogens with zero attached hydrogens (tertiary/aromatic N) is 1. The zero-order chi connectivity index (χ0) is 23.6. The molecule has 2 amide bonds. The van der Waals surface area contributed by atoms with Crippen LogP contribution < -0.4 is 10.6 Å². The highest BCUT2D eigenvalue weighted by Crippen LogP contribution is 2.31. The van der Waals surface area contributed by atoms with Crippen LogP contribution in [0, 0.1) is 6.92 Å². The molecule has 2 aromatic carbocycles. The third-order valence-corrected chi connectivity index (χ3v) is 8.53. The molecule has 1 heterocycles. The van der Waals surface area contributed by atoms with Gasteiger partial charge in [-0.1, -0.05) is 35.9 Å². The van der Waals surface area contributed by atoms with Crippen LogP contribution in [0.2, 0.25) is 0 Å². The highest BCUT2D eigenvalue weighted by Gasteiger charge is 2.40. The fraction of sp³-hybridized carbons (Fsp3) is 0.417. The van der Waals surface area contributed by atoms with E-state index < -0.39 is 22.0 Å². The standard InChI is InChI=1S/C24H28ClN3O4S/c1-16-5-8-19(9-6-16)33(31,32)28-12-11-26-24(30)22(28)14-23(29)27-21-4-2-3-18-13-17(15-25)7-10-20(18)21/h5-10,13,21-22H,2-4,11-12,14-15H2,1H3,(H,26,30)(H,27,29)/t21-,22-/m1/s1. The predicted octanol–water partition coefficient (Wildman–Crippen LogP) is 2.81. The van der Waals surface area contributed by atoms with E-state index in [1.165, 1.54) is 17.7 Å². The van der Waals surface area contributed by atoms with E-state index in [2.05, 4.69) is 16.7 Å². The molecule has 2 atom stereocenters. The normalized spacial score (nSPS) is 21.2. The van der Waals surface area contributed by atoms with Gasteiger partial charge in [-0.05, 0) is 55.0 Å². The summed E-state index contributed by atoms with van der Waals surface area (Å²) in [7, 11) is -3.92. The minimum Gasteiger partial charge on any atom is -0.353 e. The van der Waals surface area contributed by atoms with Gasteiger partial charge in [-0.25, -0.2) is 8.42 Å². The molecule has 1 fully saturated rings. The molecular formula is C24H28ClN3O4S. The van der Waals surface area contributed by atoms with Crippen molar-refractivity contribution in [2.24, 2.45) is 0 Å². The second kappa shape index (κ2) is 9.83. The lowest BCUT2D eigenvalue weighted by Crippen LogP contribution is -2.58. The average molecular weight is 490 g/mol. The number of halogens is 1. The van der Waals surface area contributed by atoms with E-state index in [1.54, 1.807) is 12.1 Å². The second-order valence-corrected chi connectivity index (χ2v) is 10.8. The SMILES string of the molecule is Cc1ccc(S(=O)(=O)N2CCNC(=O)[C@H]2CC(=O)N[C@@H]2CCCc3cc(CCl)ccc32)cc1. The molecule has 0 saturated carbocycles. The maximum Gasteiger partial charge on any atom is 0.243 e. The average Bonchev–Trinajstić information content (AvgIpc) is 2.80. The van der Waals surface area contributed by atoms with Crippen molar-refractivity contribution in [1.29, 1.82) is 0 Å². The largest absolute Gasteiger partial charge is 0.353 e. The third kappa shape index (κ3) is 5.08. The first-order valence-electron chi connectivity index (χ1n) is 11.1. The molecule has 7 nitrogen and oxygen atoms in total. The van der Waals surface area contributed by atoms with Crippen molar-refractivity contribution in [3.05, 3.63) is 64.7 Å². The van der Waals surface area contributed by atoms with Gasteiger partial charge >= 0.3 is 0 Å². The molecule has 9 heteroatoms. The molecule has 0 bridgehead atoms. The van der Waals surface area contributed by atoms with E-state index >= 15 is 0 Å². The summed E-state index contributed by atoms with van der Waals surface area (Å²) >= 11 is 5.95. The number of carbonyl (C=O) groups is 2. The summed E-state index contributed by atoms with van der Waals surface area (Å²) in [6, 6.07) is 11.3. The molecule has 33 heavy (non-hydrogen) atoms. The second-order valence-electron chi connectivity index (χ2n) is 8.62. The molecule has 176 valence electrons. The summed E-state index contributed by atoms with van der Waals surface area (Å²) in [5.74, 6) is -0.366. The highest BCUT2D eigenvalue weighted by atomic mass is 35.5. The zero-order valence-corrected chi connectivity index (χ0v) is 20.1. The summed E-state index contributed by atoms with van der Waals surface area (Å²) in [4.78, 5) is 25.7. The van der Waals surface area contributed by atoms with Gasteiger partial charge in [0, 0.05) is 19.0 Å². The number of amides is 2. The minimum absolute atomic E-state index is 0.115. The molecule has 0 spiro atoms. The fourth-order valence-corrected chi connectivity index (χ4v) is 6.31. The predicted molar refractivity (Wildman–Crippen MR) is 126 cm³/mol. The van der Waals surface area contributed by atoms with Gasteiger partial charge in [0.15, 0.2) is 0 Å². The Kier molecular flexibility index (Phi) is 7.07. The maximum atomic E-state index is 13.3. The van der Waals surface area contributed by atoms with Crippen LogP contribution in [0.15, 0.2) is 47.4 Å². The van der Waals surface area contributed by atoms with Crippen LogP contribution in [0.1, 0.15) is 47.6 Å². The molecule has 2 aliphatic rings. The van der Waals surface area contributed by atoms with Crippen molar-refractivity contribution in [3.8, 4) is 0 Å². The number of aryl methyl sites for hydroxylation is 2. The molecule has 1 aliphatic carbocycles. The Morgan fingerprint density at radius 2 is 1.97 bits per heavy atom. The number of hydrogen-bond donors (Lipinski definition) is 2. The number of sulfonamides is 1. The third-order valence-electron chi connectivity index (χ3n) is 6.30. The number of carbonyl (C=O) groups excluding carboxylic acids is 2. The van der Waals surface area contributed by atoms with Crippen LogP contribution in [0.25, 0.3) is 0 Å². The molecule has 0 radical (unpaired) electrons. The van der Waals surface area contributed by atoms with Crippen molar-refractivity contribution in [1.82, 2.24) is 14.9 Å². The number of piperazine rings is 1. The number of rotatable bonds is 6. The molecule has 2 aromatic rings. The van der Waals surface area contributed by atoms with Crippen LogP contribution >= 0.6 is 11.6 Å². The van der Waals surface area contributed by atoms with Crippen LogP contribution in [0.4, 0.5) is 0 Å². The summed E-state index contributed by atoms with van der Waals surface area (Å²) < 4.78 is 27.7. The summed E-state index contributed by atoms with van der Waals surface area (Å²) in [6.45, 7) is 2.20. The molecular weight excluding hydrogens is 462 g/mol. The van der Waals surface area contributed by atoms with Crippen LogP contribution in [0.3, 0.4) is 0 Å². The summed E-state index contributed by atoms with van der Waals surface area (Å²) in [5.41, 5.74) is 4.20. The van der Waals surface area contributed by atoms with Crippen molar-refractivity contribution >= 4 is 33.4 Å². The molecule has 0 aromatic heterocycles. The number of nitrogens with one attached hydrogen (secondary N) is 2. The van der Waals surface area contributed by atoms with E-state index in [0.717, 1.165) is 40.3 Å². The first-order valence-corrected chi connectivity index (χ1v) is 13.1. The Labute approximate surface area is 199 Å². The monoisotopic (exact) mass is 489 g/mol. The van der Waals surface area contributed by atoms with Gasteiger partial charge < -0.3 is 10.6 Å². The van der Waals surface area contributed by atoms with E-state index in [0.29, 0.717) is 5.88 Å². The van der Waals surface area contributed by atoms with E-state index in [9.17, 15) is 18.0 Å². The molecule has 0 unspecified atom stereocenters. The number of hydrogen-bond acceptors (Lipinski definition) is 4. The van der Waals surface area contributed by atoms with Gasteiger partial charge in [0.05, 0.1) is 17.4 Å². The Balaban J connectivity index is 1.51. The van der Waals surface area contributed by atoms with Gasteiger partial charge in [-0.15, -0.1) is 11.6 Å². The number of alkyl halides is 1. The van der Waals surface area contributed by atoms with Crippen LogP contribution in [-0.2, 0) is 31.9 Å². The van der Waals surface area contributed by atoms with Crippen molar-refractivity contribution < 1.29 is 18.0 Å². The molecule has 2 N–H and O–H groups in total. The van der Waals surface area contributed by atoms with Gasteiger partial charge in [0.2, 0.25) is 21.8 Å². The lowest BCUT2D eigenvalue weighted by Gasteiger charge is -2.34. The topological polar surface area (TPSA) is 95.6 Å². The Morgan fingerprint density at radius 3 is 2.70 bits per heavy atom. The van der Waals surface area contributed by atoms with Gasteiger partial charge in [0.25, 0.3) is 0 Å². The van der Waals surface area contributed by atoms with Crippen molar-refractivity contribution in [2.45, 2.75) is 55.5 Å². The fourth-order valence-electron chi connectivity index (χ4n) is 4.55. The molecule has 1 saturated heterocycles. The van der Waals surface area contributed by atoms with Crippen LogP contribution in [-0.4, -0.2) is 43.7 Å². The quantitative estimate of drug-likeness (QED) is 0.610. The molecule has 1 aliphatic heterocycles. The van der Waals surface area contributed by atoms with Crippen molar-refractivity contribution in [3.63, 3.8) is 0 Å². The van der Waals surface area contributed by atoms with Crippen molar-refractivity contribution in [2.75, 3.05) is 13.1 Å². The van der Waals surface area contributed by atoms with Gasteiger partial charge in [0.1, 0.15) is 6.04 Å². The number of benzene rings is 2. The zero-order valence-electron chi connectivity index (χ0n) is 18.5. The Hall–Kier alpha value is -2.42. The van der Waals surface area contributed by atoms with E-state index in [1.807, 2.05) is 19.1 Å². The van der Waals surface area contributed by atoms with Gasteiger partial charge in [-0.2, -0.15) is 4.31 Å². The van der Waals surface area contributed by atoms with E-state index in [4.69, 9.17) is 11.6 Å². The lowest BCUT2D eigenvalue weighted by atomic mass is 9.86. The summed E-state index contributed by atoms with van der Waals surface area (Å²) in [5, 5.41) is 5.72. The lowest BCUT2D eigenvalue weighted by molar-refractivity contribution is -0.132. The minimum atomic E-state index is -3.92. The Bertz CT molecular complexity index is 1150. The first-order chi connectivity index (χ1) is 15.8. The first kappa shape index (κ1) is 23.7. The molecule has 4 rings (SSSR count). The smallest absolute Gasteiger partial charge is 0.243 e. The Morgan fingerprint density at radius 1 is 1.21 bits per heavy atom. The summed E-state index contributed by atoms with van der Waals surface area (Å²) in [6.07, 6.45) is 2.42. The van der Waals surface area contributed by atoms with Gasteiger partial charge in [-0.3, -0.25) is 9.59 Å². The highest BCUT2D eigenvalue weighted by molar-refractivity contribution is 7.89. The number of fused-ring (bicyclic) bond motifs is 1. The van der Waals surface area contributed by atoms with E-state index in [-0.39, 0.29) is 36.4 Å².